The molecule has 0 aliphatic heterocycles. The molecule has 1 nitrogen and oxygen atoms in total. The first-order valence-electron chi connectivity index (χ1n) is 25.3. The van der Waals surface area contributed by atoms with Crippen molar-refractivity contribution in [2.45, 2.75) is 0 Å². The van der Waals surface area contributed by atoms with Gasteiger partial charge in [-0.25, -0.2) is 0 Å². The van der Waals surface area contributed by atoms with E-state index < -0.39 is 89.6 Å². The molecule has 278 valence electrons. The molecule has 0 fully saturated rings. The van der Waals surface area contributed by atoms with Gasteiger partial charge in [0.05, 0.1) is 16.4 Å². The zero-order valence-corrected chi connectivity index (χ0v) is 31.7. The number of hydrogen-bond donors (Lipinski definition) is 0. The molecule has 0 amide bonds. The molecule has 0 bridgehead atoms. The number of hydrogen-bond acceptors (Lipinski definition) is 1. The van der Waals surface area contributed by atoms with E-state index in [0.29, 0.717) is 16.7 Å². The third-order valence-corrected chi connectivity index (χ3v) is 10.2. The van der Waals surface area contributed by atoms with Crippen LogP contribution in [0.3, 0.4) is 0 Å². The second-order valence-electron chi connectivity index (χ2n) is 14.0. The van der Waals surface area contributed by atoms with Crippen molar-refractivity contribution >= 4 is 27.8 Å². The van der Waals surface area contributed by atoms with E-state index >= 15 is 0 Å². The van der Waals surface area contributed by atoms with Crippen LogP contribution in [0.15, 0.2) is 248 Å². The molecule has 0 atom stereocenters. The second kappa shape index (κ2) is 16.0. The van der Waals surface area contributed by atoms with Gasteiger partial charge in [0.1, 0.15) is 0 Å². The predicted octanol–water partition coefficient (Wildman–Crippen LogP) is 16.3. The second-order valence-corrected chi connectivity index (χ2v) is 14.0. The Morgan fingerprint density at radius 1 is 0.254 bits per heavy atom. The first-order valence-corrected chi connectivity index (χ1v) is 19.3. The lowest BCUT2D eigenvalue weighted by Crippen LogP contribution is -2.10. The molecule has 10 aromatic rings. The Hall–Kier alpha value is -7.74. The molecule has 0 radical (unpaired) electrons. The van der Waals surface area contributed by atoms with Gasteiger partial charge < -0.3 is 4.90 Å². The van der Waals surface area contributed by atoms with Crippen LogP contribution in [-0.4, -0.2) is 0 Å². The quantitative estimate of drug-likeness (QED) is 0.142. The molecule has 10 rings (SSSR count). The molecule has 59 heavy (non-hydrogen) atoms. The van der Waals surface area contributed by atoms with Crippen LogP contribution in [0.5, 0.6) is 0 Å². The van der Waals surface area contributed by atoms with Crippen molar-refractivity contribution in [1.82, 2.24) is 0 Å². The molecule has 0 aliphatic carbocycles. The van der Waals surface area contributed by atoms with Crippen molar-refractivity contribution in [1.29, 1.82) is 0 Å². The van der Waals surface area contributed by atoms with Crippen LogP contribution in [0.4, 0.5) is 17.1 Å². The Morgan fingerprint density at radius 3 is 1.25 bits per heavy atom. The molecule has 0 saturated heterocycles. The molecule has 0 spiro atoms. The fourth-order valence-electron chi connectivity index (χ4n) is 7.25. The van der Waals surface area contributed by atoms with Crippen molar-refractivity contribution in [2.24, 2.45) is 0 Å². The summed E-state index contributed by atoms with van der Waals surface area (Å²) in [5, 5.41) is 1.63. The van der Waals surface area contributed by atoms with Crippen molar-refractivity contribution in [3.05, 3.63) is 248 Å². The van der Waals surface area contributed by atoms with E-state index in [1.807, 2.05) is 127 Å². The highest BCUT2D eigenvalue weighted by Gasteiger charge is 2.16. The molecule has 0 aliphatic rings. The summed E-state index contributed by atoms with van der Waals surface area (Å²) >= 11 is 0. The van der Waals surface area contributed by atoms with Gasteiger partial charge in [0.25, 0.3) is 0 Å². The predicted molar refractivity (Wildman–Crippen MR) is 251 cm³/mol. The molecule has 0 aromatic heterocycles. The minimum absolute atomic E-state index is 0.0550. The van der Waals surface area contributed by atoms with E-state index in [1.165, 1.54) is 0 Å². The molecule has 0 N–H and O–H groups in total. The Bertz CT molecular complexity index is 3620. The van der Waals surface area contributed by atoms with Gasteiger partial charge in [0, 0.05) is 17.1 Å². The number of rotatable bonds is 9. The molecule has 0 heterocycles. The summed E-state index contributed by atoms with van der Waals surface area (Å²) in [5.74, 6) is 0. The largest absolute Gasteiger partial charge is 0.310 e. The zero-order valence-electron chi connectivity index (χ0n) is 43.7. The maximum Gasteiger partial charge on any atom is 0.0651 e. The smallest absolute Gasteiger partial charge is 0.0651 e. The lowest BCUT2D eigenvalue weighted by Gasteiger charge is -2.26. The summed E-state index contributed by atoms with van der Waals surface area (Å²) in [6, 6.07) is 46.7. The number of anilines is 3. The number of benzene rings is 10. The Kier molecular flexibility index (Phi) is 6.73. The average molecular weight is 764 g/mol. The summed E-state index contributed by atoms with van der Waals surface area (Å²) in [6.45, 7) is 0. The number of fused-ring (bicyclic) bond motifs is 1. The highest BCUT2D eigenvalue weighted by molar-refractivity contribution is 5.89. The third kappa shape index (κ3) is 7.58. The molecule has 10 aromatic carbocycles. The van der Waals surface area contributed by atoms with Gasteiger partial charge in [-0.3, -0.25) is 0 Å². The van der Waals surface area contributed by atoms with Crippen LogP contribution in [0.1, 0.15) is 16.4 Å². The van der Waals surface area contributed by atoms with Crippen molar-refractivity contribution in [3.8, 4) is 66.8 Å². The first-order chi connectivity index (χ1) is 34.2. The summed E-state index contributed by atoms with van der Waals surface area (Å²) in [6.07, 6.45) is 0. The van der Waals surface area contributed by atoms with Crippen LogP contribution < -0.4 is 4.90 Å². The summed E-state index contributed by atoms with van der Waals surface area (Å²) in [7, 11) is 0. The molecular formula is C58H41N. The van der Waals surface area contributed by atoms with Crippen LogP contribution in [-0.2, 0) is 0 Å². The average Bonchev–Trinajstić information content (AvgIpc) is 3.40. The fourth-order valence-corrected chi connectivity index (χ4v) is 7.25. The maximum atomic E-state index is 9.87. The van der Waals surface area contributed by atoms with Gasteiger partial charge in [0.2, 0.25) is 0 Å². The van der Waals surface area contributed by atoms with Crippen LogP contribution >= 0.6 is 0 Å². The standard InChI is InChI=1S/C58H41N/c1-4-14-42(15-5-1)49-22-12-23-50(36-49)46-28-32-56(33-29-46)59(58-25-13-24-51(41-58)52-27-26-45-20-10-11-21-48(45)37-52)57-34-30-47(31-35-57)55-39-53(43-16-6-2-7-17-43)38-54(40-55)44-18-8-3-9-19-44/h1-41H/i13D,24D,25D,28D,29D,30D,31D,32D,33D,34D,35D,41D. The van der Waals surface area contributed by atoms with Crippen molar-refractivity contribution < 1.29 is 16.4 Å². The topological polar surface area (TPSA) is 3.24 Å². The normalized spacial score (nSPS) is 13.9. The molecule has 0 unspecified atom stereocenters. The van der Waals surface area contributed by atoms with E-state index in [-0.39, 0.29) is 16.7 Å². The minimum Gasteiger partial charge on any atom is -0.310 e. The van der Waals surface area contributed by atoms with Gasteiger partial charge in [0.15, 0.2) is 0 Å². The van der Waals surface area contributed by atoms with E-state index in [1.54, 1.807) is 48.5 Å². The van der Waals surface area contributed by atoms with Crippen LogP contribution in [0.25, 0.3) is 77.5 Å². The Morgan fingerprint density at radius 2 is 0.678 bits per heavy atom. The molecule has 0 saturated carbocycles. The lowest BCUT2D eigenvalue weighted by atomic mass is 9.93. The third-order valence-electron chi connectivity index (χ3n) is 10.2. The monoisotopic (exact) mass is 763 g/mol. The highest BCUT2D eigenvalue weighted by Crippen LogP contribution is 2.40. The number of nitrogens with zero attached hydrogens (tertiary/aromatic N) is 1. The van der Waals surface area contributed by atoms with Crippen LogP contribution in [0.2, 0.25) is 0 Å². The minimum atomic E-state index is -0.731. The molecular weight excluding hydrogens is 711 g/mol. The van der Waals surface area contributed by atoms with Crippen LogP contribution in [0, 0.1) is 0 Å². The zero-order chi connectivity index (χ0) is 49.8. The molecule has 1 heteroatoms. The highest BCUT2D eigenvalue weighted by atomic mass is 15.1. The van der Waals surface area contributed by atoms with Crippen molar-refractivity contribution in [3.63, 3.8) is 0 Å². The maximum absolute atomic E-state index is 9.87. The van der Waals surface area contributed by atoms with E-state index in [0.717, 1.165) is 49.1 Å². The lowest BCUT2D eigenvalue weighted by molar-refractivity contribution is 1.28. The van der Waals surface area contributed by atoms with Gasteiger partial charge in [-0.2, -0.15) is 0 Å². The summed E-state index contributed by atoms with van der Waals surface area (Å²) in [5.41, 5.74) is 3.99. The SMILES string of the molecule is [2H]c1c([2H])c(-c2ccc3ccccc3c2)c([2H])c(N(c2c([2H])c([2H])c(-c3cccc(-c4ccccc4)c3)c([2H])c2[2H])c2c([2H])c([2H])c(-c3cc(-c4ccccc4)cc(-c4ccccc4)c3)c([2H])c2[2H])c1[2H]. The van der Waals surface area contributed by atoms with Crippen molar-refractivity contribution in [2.75, 3.05) is 4.90 Å². The fraction of sp³-hybridized carbons (Fsp3) is 0. The van der Waals surface area contributed by atoms with E-state index in [9.17, 15) is 15.1 Å². The Balaban J connectivity index is 1.26. The summed E-state index contributed by atoms with van der Waals surface area (Å²) < 4.78 is 115. The van der Waals surface area contributed by atoms with E-state index in [2.05, 4.69) is 0 Å². The van der Waals surface area contributed by atoms with E-state index in [4.69, 9.17) is 1.37 Å². The Labute approximate surface area is 363 Å². The van der Waals surface area contributed by atoms with Gasteiger partial charge in [-0.05, 0) is 144 Å². The summed E-state index contributed by atoms with van der Waals surface area (Å²) in [4.78, 5) is 0.901. The van der Waals surface area contributed by atoms with Gasteiger partial charge >= 0.3 is 0 Å². The first kappa shape index (κ1) is 24.8. The van der Waals surface area contributed by atoms with Gasteiger partial charge in [-0.1, -0.05) is 182 Å². The van der Waals surface area contributed by atoms with Gasteiger partial charge in [-0.15, -0.1) is 0 Å².